The Morgan fingerprint density at radius 3 is 2.30 bits per heavy atom. The standard InChI is InChI=1S/C16H14N2OS/c1-20-16-11-15(17-18-16)12-7-9-14(10-8-12)19-13-5-3-2-4-6-13/h2-11H,1H3,(H,17,18). The lowest BCUT2D eigenvalue weighted by molar-refractivity contribution is 0.483. The fraction of sp³-hybridized carbons (Fsp3) is 0.0625. The van der Waals surface area contributed by atoms with Gasteiger partial charge < -0.3 is 4.74 Å². The quantitative estimate of drug-likeness (QED) is 0.711. The molecule has 0 unspecified atom stereocenters. The lowest BCUT2D eigenvalue weighted by Gasteiger charge is -2.05. The lowest BCUT2D eigenvalue weighted by atomic mass is 10.1. The van der Waals surface area contributed by atoms with Crippen LogP contribution in [-0.4, -0.2) is 16.5 Å². The van der Waals surface area contributed by atoms with E-state index in [4.69, 9.17) is 4.74 Å². The summed E-state index contributed by atoms with van der Waals surface area (Å²) in [6, 6.07) is 19.7. The summed E-state index contributed by atoms with van der Waals surface area (Å²) in [5.74, 6) is 1.66. The Hall–Kier alpha value is -2.20. The highest BCUT2D eigenvalue weighted by Crippen LogP contribution is 2.26. The van der Waals surface area contributed by atoms with Gasteiger partial charge in [-0.05, 0) is 48.7 Å². The van der Waals surface area contributed by atoms with E-state index in [0.717, 1.165) is 27.8 Å². The SMILES string of the molecule is CSc1cc(-c2ccc(Oc3ccccc3)cc2)n[nH]1. The summed E-state index contributed by atoms with van der Waals surface area (Å²) in [6.07, 6.45) is 2.02. The van der Waals surface area contributed by atoms with Crippen molar-refractivity contribution in [2.24, 2.45) is 0 Å². The number of aromatic amines is 1. The Labute approximate surface area is 122 Å². The molecule has 0 fully saturated rings. The fourth-order valence-corrected chi connectivity index (χ4v) is 2.24. The molecule has 1 heterocycles. The fourth-order valence-electron chi connectivity index (χ4n) is 1.87. The molecular weight excluding hydrogens is 268 g/mol. The topological polar surface area (TPSA) is 37.9 Å². The monoisotopic (exact) mass is 282 g/mol. The summed E-state index contributed by atoms with van der Waals surface area (Å²) in [6.45, 7) is 0. The number of hydrogen-bond acceptors (Lipinski definition) is 3. The Bertz CT molecular complexity index is 677. The van der Waals surface area contributed by atoms with Gasteiger partial charge in [-0.3, -0.25) is 5.10 Å². The summed E-state index contributed by atoms with van der Waals surface area (Å²) in [7, 11) is 0. The van der Waals surface area contributed by atoms with Crippen LogP contribution in [-0.2, 0) is 0 Å². The van der Waals surface area contributed by atoms with Crippen LogP contribution < -0.4 is 4.74 Å². The van der Waals surface area contributed by atoms with Gasteiger partial charge in [0.25, 0.3) is 0 Å². The van der Waals surface area contributed by atoms with Crippen LogP contribution in [0, 0.1) is 0 Å². The van der Waals surface area contributed by atoms with Crippen molar-refractivity contribution < 1.29 is 4.74 Å². The minimum absolute atomic E-state index is 0.820. The van der Waals surface area contributed by atoms with E-state index in [9.17, 15) is 0 Å². The van der Waals surface area contributed by atoms with E-state index in [1.54, 1.807) is 11.8 Å². The number of aromatic nitrogens is 2. The second-order valence-electron chi connectivity index (χ2n) is 4.26. The van der Waals surface area contributed by atoms with Crippen molar-refractivity contribution in [3.8, 4) is 22.8 Å². The first-order valence-electron chi connectivity index (χ1n) is 6.28. The number of benzene rings is 2. The van der Waals surface area contributed by atoms with Gasteiger partial charge in [0.05, 0.1) is 10.7 Å². The van der Waals surface area contributed by atoms with Crippen LogP contribution in [0.2, 0.25) is 0 Å². The first-order chi connectivity index (χ1) is 9.85. The molecule has 100 valence electrons. The summed E-state index contributed by atoms with van der Waals surface area (Å²) < 4.78 is 5.76. The van der Waals surface area contributed by atoms with Crippen LogP contribution in [0.1, 0.15) is 0 Å². The third-order valence-electron chi connectivity index (χ3n) is 2.90. The van der Waals surface area contributed by atoms with E-state index in [1.165, 1.54) is 0 Å². The number of rotatable bonds is 4. The molecule has 0 saturated carbocycles. The zero-order chi connectivity index (χ0) is 13.8. The molecule has 0 bridgehead atoms. The van der Waals surface area contributed by atoms with Crippen LogP contribution in [0.3, 0.4) is 0 Å². The minimum atomic E-state index is 0.820. The van der Waals surface area contributed by atoms with Crippen molar-refractivity contribution >= 4 is 11.8 Å². The van der Waals surface area contributed by atoms with Crippen LogP contribution in [0.5, 0.6) is 11.5 Å². The number of nitrogens with zero attached hydrogens (tertiary/aromatic N) is 1. The highest BCUT2D eigenvalue weighted by atomic mass is 32.2. The molecule has 4 heteroatoms. The molecule has 3 rings (SSSR count). The molecule has 20 heavy (non-hydrogen) atoms. The molecule has 0 aliphatic rings. The van der Waals surface area contributed by atoms with Crippen molar-refractivity contribution in [1.29, 1.82) is 0 Å². The first kappa shape index (κ1) is 12.8. The molecule has 0 aliphatic carbocycles. The number of hydrogen-bond donors (Lipinski definition) is 1. The first-order valence-corrected chi connectivity index (χ1v) is 7.50. The molecule has 0 amide bonds. The highest BCUT2D eigenvalue weighted by Gasteiger charge is 2.04. The molecule has 0 spiro atoms. The van der Waals surface area contributed by atoms with E-state index < -0.39 is 0 Å². The smallest absolute Gasteiger partial charge is 0.127 e. The molecule has 1 N–H and O–H groups in total. The van der Waals surface area contributed by atoms with Gasteiger partial charge in [0.15, 0.2) is 0 Å². The van der Waals surface area contributed by atoms with Gasteiger partial charge in [-0.2, -0.15) is 5.10 Å². The molecule has 0 atom stereocenters. The number of H-pyrrole nitrogens is 1. The summed E-state index contributed by atoms with van der Waals surface area (Å²) in [4.78, 5) is 0. The van der Waals surface area contributed by atoms with Crippen molar-refractivity contribution in [3.05, 3.63) is 60.7 Å². The molecule has 2 aromatic carbocycles. The Morgan fingerprint density at radius 1 is 0.950 bits per heavy atom. The maximum atomic E-state index is 5.76. The van der Waals surface area contributed by atoms with Crippen molar-refractivity contribution in [2.45, 2.75) is 5.03 Å². The zero-order valence-electron chi connectivity index (χ0n) is 11.0. The molecule has 0 radical (unpaired) electrons. The van der Waals surface area contributed by atoms with Gasteiger partial charge in [-0.1, -0.05) is 18.2 Å². The normalized spacial score (nSPS) is 10.4. The number of thioether (sulfide) groups is 1. The van der Waals surface area contributed by atoms with Gasteiger partial charge in [-0.15, -0.1) is 11.8 Å². The predicted molar refractivity (Wildman–Crippen MR) is 82.3 cm³/mol. The van der Waals surface area contributed by atoms with Gasteiger partial charge in [0.2, 0.25) is 0 Å². The van der Waals surface area contributed by atoms with E-state index in [0.29, 0.717) is 0 Å². The van der Waals surface area contributed by atoms with Gasteiger partial charge in [0.1, 0.15) is 11.5 Å². The van der Waals surface area contributed by atoms with Gasteiger partial charge in [-0.25, -0.2) is 0 Å². The van der Waals surface area contributed by atoms with E-state index in [2.05, 4.69) is 10.2 Å². The average Bonchev–Trinajstić information content (AvgIpc) is 2.98. The summed E-state index contributed by atoms with van der Waals surface area (Å²) >= 11 is 1.65. The second kappa shape index (κ2) is 5.84. The number of ether oxygens (including phenoxy) is 1. The van der Waals surface area contributed by atoms with Crippen molar-refractivity contribution in [3.63, 3.8) is 0 Å². The maximum Gasteiger partial charge on any atom is 0.127 e. The zero-order valence-corrected chi connectivity index (χ0v) is 11.9. The third-order valence-corrected chi connectivity index (χ3v) is 3.55. The third kappa shape index (κ3) is 2.86. The molecule has 0 aliphatic heterocycles. The van der Waals surface area contributed by atoms with Crippen molar-refractivity contribution in [2.75, 3.05) is 6.26 Å². The van der Waals surface area contributed by atoms with Crippen molar-refractivity contribution in [1.82, 2.24) is 10.2 Å². The van der Waals surface area contributed by atoms with E-state index in [-0.39, 0.29) is 0 Å². The number of nitrogens with one attached hydrogen (secondary N) is 1. The molecular formula is C16H14N2OS. The Morgan fingerprint density at radius 2 is 1.65 bits per heavy atom. The summed E-state index contributed by atoms with van der Waals surface area (Å²) in [5.41, 5.74) is 2.02. The highest BCUT2D eigenvalue weighted by molar-refractivity contribution is 7.98. The van der Waals surface area contributed by atoms with Crippen LogP contribution in [0.15, 0.2) is 65.7 Å². The summed E-state index contributed by atoms with van der Waals surface area (Å²) in [5, 5.41) is 8.33. The lowest BCUT2D eigenvalue weighted by Crippen LogP contribution is -1.84. The van der Waals surface area contributed by atoms with Crippen LogP contribution >= 0.6 is 11.8 Å². The molecule has 3 aromatic rings. The second-order valence-corrected chi connectivity index (χ2v) is 5.11. The van der Waals surface area contributed by atoms with Crippen LogP contribution in [0.25, 0.3) is 11.3 Å². The molecule has 3 nitrogen and oxygen atoms in total. The van der Waals surface area contributed by atoms with Gasteiger partial charge in [0, 0.05) is 5.56 Å². The van der Waals surface area contributed by atoms with E-state index in [1.807, 2.05) is 66.9 Å². The maximum absolute atomic E-state index is 5.76. The Kier molecular flexibility index (Phi) is 3.74. The minimum Gasteiger partial charge on any atom is -0.457 e. The number of para-hydroxylation sites is 1. The van der Waals surface area contributed by atoms with Gasteiger partial charge >= 0.3 is 0 Å². The molecule has 1 aromatic heterocycles. The van der Waals surface area contributed by atoms with E-state index >= 15 is 0 Å². The Balaban J connectivity index is 1.77. The largest absolute Gasteiger partial charge is 0.457 e. The predicted octanol–water partition coefficient (Wildman–Crippen LogP) is 4.59. The molecule has 0 saturated heterocycles. The van der Waals surface area contributed by atoms with Crippen LogP contribution in [0.4, 0.5) is 0 Å². The average molecular weight is 282 g/mol.